The molecule has 0 saturated carbocycles. The van der Waals surface area contributed by atoms with Crippen LogP contribution in [-0.4, -0.2) is 28.0 Å². The van der Waals surface area contributed by atoms with Gasteiger partial charge in [-0.05, 0) is 49.2 Å². The Morgan fingerprint density at radius 3 is 2.79 bits per heavy atom. The summed E-state index contributed by atoms with van der Waals surface area (Å²) in [7, 11) is 0. The van der Waals surface area contributed by atoms with Crippen LogP contribution in [0.5, 0.6) is 0 Å². The lowest BCUT2D eigenvalue weighted by molar-refractivity contribution is 0.198. The van der Waals surface area contributed by atoms with Crippen molar-refractivity contribution >= 4 is 0 Å². The minimum Gasteiger partial charge on any atom is -0.298 e. The van der Waals surface area contributed by atoms with E-state index >= 15 is 0 Å². The van der Waals surface area contributed by atoms with Crippen molar-refractivity contribution in [2.75, 3.05) is 13.1 Å². The Morgan fingerprint density at radius 2 is 2.00 bits per heavy atom. The van der Waals surface area contributed by atoms with Gasteiger partial charge in [0.15, 0.2) is 0 Å². The van der Waals surface area contributed by atoms with Crippen LogP contribution in [0.2, 0.25) is 0 Å². The summed E-state index contributed by atoms with van der Waals surface area (Å²) in [6.07, 6.45) is 8.15. The topological polar surface area (TPSA) is 29.0 Å². The van der Waals surface area contributed by atoms with E-state index in [1.54, 1.807) is 0 Å². The van der Waals surface area contributed by atoms with E-state index in [9.17, 15) is 0 Å². The van der Waals surface area contributed by atoms with Gasteiger partial charge in [-0.3, -0.25) is 14.9 Å². The Kier molecular flexibility index (Phi) is 3.84. The number of likely N-dealkylation sites (tertiary alicyclic amines) is 1. The average Bonchev–Trinajstić information content (AvgIpc) is 2.49. The van der Waals surface area contributed by atoms with Gasteiger partial charge in [-0.15, -0.1) is 0 Å². The zero-order valence-electron chi connectivity index (χ0n) is 11.1. The normalized spacial score (nSPS) is 20.3. The second-order valence-electron chi connectivity index (χ2n) is 5.18. The second kappa shape index (κ2) is 5.93. The molecule has 19 heavy (non-hydrogen) atoms. The quantitative estimate of drug-likeness (QED) is 0.842. The standard InChI is InChI=1S/C16H19N3/c1-2-8-18-16(5-1)15-4-3-11-19(13-15)12-14-6-9-17-10-7-14/h1-2,5-10,15H,3-4,11-13H2/t15-/m1/s1. The van der Waals surface area contributed by atoms with Crippen LogP contribution in [0.25, 0.3) is 0 Å². The number of aromatic nitrogens is 2. The van der Waals surface area contributed by atoms with Crippen molar-refractivity contribution in [1.29, 1.82) is 0 Å². The van der Waals surface area contributed by atoms with E-state index in [0.29, 0.717) is 5.92 Å². The SMILES string of the molecule is c1ccc([C@@H]2CCCN(Cc3ccncc3)C2)nc1. The second-order valence-corrected chi connectivity index (χ2v) is 5.18. The highest BCUT2D eigenvalue weighted by atomic mass is 15.1. The highest BCUT2D eigenvalue weighted by Crippen LogP contribution is 2.26. The number of hydrogen-bond acceptors (Lipinski definition) is 3. The first-order valence-electron chi connectivity index (χ1n) is 6.94. The highest BCUT2D eigenvalue weighted by molar-refractivity contribution is 5.13. The van der Waals surface area contributed by atoms with Gasteiger partial charge in [0.2, 0.25) is 0 Å². The molecule has 1 atom stereocenters. The van der Waals surface area contributed by atoms with Gasteiger partial charge in [0, 0.05) is 43.3 Å². The maximum atomic E-state index is 4.51. The molecule has 0 unspecified atom stereocenters. The lowest BCUT2D eigenvalue weighted by atomic mass is 9.94. The Bertz CT molecular complexity index is 498. The van der Waals surface area contributed by atoms with Gasteiger partial charge in [0.25, 0.3) is 0 Å². The van der Waals surface area contributed by atoms with E-state index in [1.165, 1.54) is 30.6 Å². The molecule has 98 valence electrons. The predicted octanol–water partition coefficient (Wildman–Crippen LogP) is 2.86. The van der Waals surface area contributed by atoms with Crippen LogP contribution >= 0.6 is 0 Å². The monoisotopic (exact) mass is 253 g/mol. The summed E-state index contributed by atoms with van der Waals surface area (Å²) in [5.41, 5.74) is 2.58. The summed E-state index contributed by atoms with van der Waals surface area (Å²) >= 11 is 0. The molecule has 1 aliphatic heterocycles. The summed E-state index contributed by atoms with van der Waals surface area (Å²) in [5, 5.41) is 0. The van der Waals surface area contributed by atoms with Gasteiger partial charge >= 0.3 is 0 Å². The first-order chi connectivity index (χ1) is 9.42. The predicted molar refractivity (Wildman–Crippen MR) is 75.7 cm³/mol. The molecule has 1 aliphatic rings. The molecule has 0 amide bonds. The number of nitrogens with zero attached hydrogens (tertiary/aromatic N) is 3. The summed E-state index contributed by atoms with van der Waals surface area (Å²) in [4.78, 5) is 11.1. The van der Waals surface area contributed by atoms with Gasteiger partial charge < -0.3 is 0 Å². The molecule has 0 aromatic carbocycles. The maximum Gasteiger partial charge on any atom is 0.0447 e. The van der Waals surface area contributed by atoms with E-state index in [2.05, 4.69) is 39.1 Å². The molecular weight excluding hydrogens is 234 g/mol. The fourth-order valence-electron chi connectivity index (χ4n) is 2.80. The van der Waals surface area contributed by atoms with Crippen LogP contribution in [-0.2, 0) is 6.54 Å². The smallest absolute Gasteiger partial charge is 0.0447 e. The van der Waals surface area contributed by atoms with Crippen LogP contribution in [0, 0.1) is 0 Å². The average molecular weight is 253 g/mol. The van der Waals surface area contributed by atoms with E-state index < -0.39 is 0 Å². The summed E-state index contributed by atoms with van der Waals surface area (Å²) < 4.78 is 0. The largest absolute Gasteiger partial charge is 0.298 e. The van der Waals surface area contributed by atoms with Crippen molar-refractivity contribution in [3.8, 4) is 0 Å². The van der Waals surface area contributed by atoms with Crippen molar-refractivity contribution in [3.63, 3.8) is 0 Å². The lowest BCUT2D eigenvalue weighted by Gasteiger charge is -2.32. The van der Waals surface area contributed by atoms with Crippen LogP contribution in [0.15, 0.2) is 48.9 Å². The molecule has 1 saturated heterocycles. The zero-order chi connectivity index (χ0) is 12.9. The van der Waals surface area contributed by atoms with Crippen molar-refractivity contribution in [1.82, 2.24) is 14.9 Å². The van der Waals surface area contributed by atoms with Gasteiger partial charge in [0.1, 0.15) is 0 Å². The van der Waals surface area contributed by atoms with E-state index in [4.69, 9.17) is 0 Å². The van der Waals surface area contributed by atoms with Gasteiger partial charge in [-0.1, -0.05) is 6.07 Å². The van der Waals surface area contributed by atoms with Crippen molar-refractivity contribution in [2.45, 2.75) is 25.3 Å². The first-order valence-corrected chi connectivity index (χ1v) is 6.94. The minimum absolute atomic E-state index is 0.580. The molecule has 0 radical (unpaired) electrons. The molecule has 3 heteroatoms. The Morgan fingerprint density at radius 1 is 1.11 bits per heavy atom. The molecule has 3 heterocycles. The highest BCUT2D eigenvalue weighted by Gasteiger charge is 2.21. The Labute approximate surface area is 114 Å². The van der Waals surface area contributed by atoms with E-state index in [0.717, 1.165) is 13.1 Å². The van der Waals surface area contributed by atoms with E-state index in [-0.39, 0.29) is 0 Å². The summed E-state index contributed by atoms with van der Waals surface area (Å²) in [6, 6.07) is 10.4. The molecule has 3 rings (SSSR count). The van der Waals surface area contributed by atoms with Crippen LogP contribution in [0.4, 0.5) is 0 Å². The molecule has 2 aromatic heterocycles. The lowest BCUT2D eigenvalue weighted by Crippen LogP contribution is -2.34. The summed E-state index contributed by atoms with van der Waals surface area (Å²) in [6.45, 7) is 3.32. The third-order valence-corrected chi connectivity index (χ3v) is 3.77. The fourth-order valence-corrected chi connectivity index (χ4v) is 2.80. The maximum absolute atomic E-state index is 4.51. The van der Waals surface area contributed by atoms with Gasteiger partial charge in [-0.2, -0.15) is 0 Å². The number of pyridine rings is 2. The molecule has 0 bridgehead atoms. The molecule has 3 nitrogen and oxygen atoms in total. The molecule has 0 N–H and O–H groups in total. The number of rotatable bonds is 3. The molecular formula is C16H19N3. The Hall–Kier alpha value is -1.74. The Balaban J connectivity index is 1.65. The molecule has 2 aromatic rings. The zero-order valence-corrected chi connectivity index (χ0v) is 11.1. The molecule has 0 aliphatic carbocycles. The van der Waals surface area contributed by atoms with Crippen molar-refractivity contribution in [2.24, 2.45) is 0 Å². The van der Waals surface area contributed by atoms with Gasteiger partial charge in [-0.25, -0.2) is 0 Å². The minimum atomic E-state index is 0.580. The van der Waals surface area contributed by atoms with Crippen LogP contribution < -0.4 is 0 Å². The van der Waals surface area contributed by atoms with Crippen molar-refractivity contribution in [3.05, 3.63) is 60.2 Å². The summed E-state index contributed by atoms with van der Waals surface area (Å²) in [5.74, 6) is 0.580. The number of hydrogen-bond donors (Lipinski definition) is 0. The first kappa shape index (κ1) is 12.3. The third kappa shape index (κ3) is 3.18. The molecule has 0 spiro atoms. The van der Waals surface area contributed by atoms with Gasteiger partial charge in [0.05, 0.1) is 0 Å². The van der Waals surface area contributed by atoms with Crippen LogP contribution in [0.1, 0.15) is 30.0 Å². The van der Waals surface area contributed by atoms with Crippen LogP contribution in [0.3, 0.4) is 0 Å². The molecule has 1 fully saturated rings. The van der Waals surface area contributed by atoms with Crippen molar-refractivity contribution < 1.29 is 0 Å². The number of piperidine rings is 1. The van der Waals surface area contributed by atoms with E-state index in [1.807, 2.05) is 24.7 Å². The fraction of sp³-hybridized carbons (Fsp3) is 0.375. The third-order valence-electron chi connectivity index (χ3n) is 3.77.